The summed E-state index contributed by atoms with van der Waals surface area (Å²) in [6, 6.07) is 6.77. The van der Waals surface area contributed by atoms with E-state index >= 15 is 0 Å². The lowest BCUT2D eigenvalue weighted by Gasteiger charge is -2.09. The van der Waals surface area contributed by atoms with Gasteiger partial charge in [0.05, 0.1) is 12.4 Å². The maximum Gasteiger partial charge on any atom is 0.182 e. The van der Waals surface area contributed by atoms with E-state index in [1.807, 2.05) is 13.8 Å². The Morgan fingerprint density at radius 1 is 1.20 bits per heavy atom. The zero-order valence-corrected chi connectivity index (χ0v) is 9.88. The molecule has 0 heterocycles. The van der Waals surface area contributed by atoms with E-state index in [0.29, 0.717) is 23.7 Å². The van der Waals surface area contributed by atoms with Gasteiger partial charge in [0.1, 0.15) is 10.6 Å². The Kier molecular flexibility index (Phi) is 4.15. The lowest BCUT2D eigenvalue weighted by molar-refractivity contribution is 0.331. The van der Waals surface area contributed by atoms with E-state index in [-0.39, 0.29) is 5.75 Å². The molecule has 1 rings (SSSR count). The fraction of sp³-hybridized carbons (Fsp3) is 0.455. The average molecular weight is 228 g/mol. The summed E-state index contributed by atoms with van der Waals surface area (Å²) in [5, 5.41) is 0. The molecule has 0 aliphatic heterocycles. The van der Waals surface area contributed by atoms with Gasteiger partial charge in [0.15, 0.2) is 9.84 Å². The maximum absolute atomic E-state index is 11.8. The minimum atomic E-state index is -3.19. The molecule has 0 saturated heterocycles. The highest BCUT2D eigenvalue weighted by Gasteiger charge is 2.17. The third-order valence-corrected chi connectivity index (χ3v) is 3.91. The molecule has 4 heteroatoms. The van der Waals surface area contributed by atoms with Crippen LogP contribution in [0, 0.1) is 0 Å². The number of ether oxygens (including phenoxy) is 1. The molecule has 0 saturated carbocycles. The van der Waals surface area contributed by atoms with Gasteiger partial charge in [-0.1, -0.05) is 19.1 Å². The van der Waals surface area contributed by atoms with Crippen molar-refractivity contribution in [3.05, 3.63) is 24.3 Å². The second-order valence-electron chi connectivity index (χ2n) is 3.20. The van der Waals surface area contributed by atoms with Gasteiger partial charge in [-0.2, -0.15) is 0 Å². The predicted octanol–water partition coefficient (Wildman–Crippen LogP) is 2.27. The quantitative estimate of drug-likeness (QED) is 0.776. The number of benzene rings is 1. The minimum absolute atomic E-state index is 0.164. The summed E-state index contributed by atoms with van der Waals surface area (Å²) < 4.78 is 29.0. The van der Waals surface area contributed by atoms with Gasteiger partial charge in [-0.15, -0.1) is 0 Å². The molecule has 0 N–H and O–H groups in total. The van der Waals surface area contributed by atoms with Crippen LogP contribution in [0.5, 0.6) is 5.75 Å². The molecule has 0 amide bonds. The van der Waals surface area contributed by atoms with Gasteiger partial charge in [0.2, 0.25) is 0 Å². The molecule has 0 unspecified atom stereocenters. The molecule has 3 nitrogen and oxygen atoms in total. The molecule has 0 fully saturated rings. The van der Waals surface area contributed by atoms with E-state index in [1.165, 1.54) is 0 Å². The van der Waals surface area contributed by atoms with Crippen molar-refractivity contribution in [3.63, 3.8) is 0 Å². The minimum Gasteiger partial charge on any atom is -0.493 e. The van der Waals surface area contributed by atoms with Crippen molar-refractivity contribution in [1.82, 2.24) is 0 Å². The van der Waals surface area contributed by atoms with Gasteiger partial charge in [-0.25, -0.2) is 8.42 Å². The van der Waals surface area contributed by atoms with Crippen LogP contribution in [0.1, 0.15) is 20.3 Å². The third kappa shape index (κ3) is 2.96. The number of hydrogen-bond donors (Lipinski definition) is 0. The van der Waals surface area contributed by atoms with Crippen LogP contribution >= 0.6 is 0 Å². The Morgan fingerprint density at radius 3 is 2.47 bits per heavy atom. The molecular weight excluding hydrogens is 212 g/mol. The first-order valence-corrected chi connectivity index (χ1v) is 6.71. The molecule has 1 aromatic rings. The molecule has 1 aromatic carbocycles. The molecule has 0 aliphatic rings. The van der Waals surface area contributed by atoms with Gasteiger partial charge >= 0.3 is 0 Å². The fourth-order valence-corrected chi connectivity index (χ4v) is 2.84. The Labute approximate surface area is 91.0 Å². The number of sulfone groups is 1. The van der Waals surface area contributed by atoms with E-state index in [1.54, 1.807) is 24.3 Å². The Bertz CT molecular complexity index is 410. The number of hydrogen-bond acceptors (Lipinski definition) is 3. The van der Waals surface area contributed by atoms with E-state index in [0.717, 1.165) is 0 Å². The van der Waals surface area contributed by atoms with Crippen LogP contribution in [0.4, 0.5) is 0 Å². The number of rotatable bonds is 5. The van der Waals surface area contributed by atoms with Crippen molar-refractivity contribution >= 4 is 9.84 Å². The molecular formula is C11H16O3S. The lowest BCUT2D eigenvalue weighted by Crippen LogP contribution is -2.08. The van der Waals surface area contributed by atoms with Crippen LogP contribution in [0.2, 0.25) is 0 Å². The Hall–Kier alpha value is -1.03. The summed E-state index contributed by atoms with van der Waals surface area (Å²) in [4.78, 5) is 0.300. The highest BCUT2D eigenvalue weighted by Crippen LogP contribution is 2.24. The highest BCUT2D eigenvalue weighted by atomic mass is 32.2. The summed E-state index contributed by atoms with van der Waals surface area (Å²) in [6.07, 6.45) is 0.614. The largest absolute Gasteiger partial charge is 0.493 e. The van der Waals surface area contributed by atoms with Crippen molar-refractivity contribution in [2.24, 2.45) is 0 Å². The predicted molar refractivity (Wildman–Crippen MR) is 60.0 cm³/mol. The van der Waals surface area contributed by atoms with Gasteiger partial charge in [-0.05, 0) is 25.5 Å². The molecule has 0 aromatic heterocycles. The highest BCUT2D eigenvalue weighted by molar-refractivity contribution is 7.91. The molecule has 15 heavy (non-hydrogen) atoms. The monoisotopic (exact) mass is 228 g/mol. The zero-order chi connectivity index (χ0) is 11.3. The first-order chi connectivity index (χ1) is 7.11. The second kappa shape index (κ2) is 5.16. The Morgan fingerprint density at radius 2 is 1.87 bits per heavy atom. The smallest absolute Gasteiger partial charge is 0.182 e. The third-order valence-electron chi connectivity index (χ3n) is 1.96. The SMILES string of the molecule is CCCS(=O)(=O)c1ccccc1OCC. The van der Waals surface area contributed by atoms with Gasteiger partial charge in [-0.3, -0.25) is 0 Å². The van der Waals surface area contributed by atoms with Gasteiger partial charge < -0.3 is 4.74 Å². The van der Waals surface area contributed by atoms with E-state index in [2.05, 4.69) is 0 Å². The molecule has 0 spiro atoms. The topological polar surface area (TPSA) is 43.4 Å². The summed E-state index contributed by atoms with van der Waals surface area (Å²) in [5.41, 5.74) is 0. The molecule has 0 aliphatic carbocycles. The normalized spacial score (nSPS) is 11.3. The lowest BCUT2D eigenvalue weighted by atomic mass is 10.3. The standard InChI is InChI=1S/C11H16O3S/c1-3-9-15(12,13)11-8-6-5-7-10(11)14-4-2/h5-8H,3-4,9H2,1-2H3. The van der Waals surface area contributed by atoms with Crippen LogP contribution in [0.15, 0.2) is 29.2 Å². The Balaban J connectivity index is 3.12. The van der Waals surface area contributed by atoms with Crippen LogP contribution in [0.3, 0.4) is 0 Å². The van der Waals surface area contributed by atoms with Crippen LogP contribution in [-0.4, -0.2) is 20.8 Å². The summed E-state index contributed by atoms with van der Waals surface area (Å²) in [6.45, 7) is 4.16. The molecule has 0 atom stereocenters. The zero-order valence-electron chi connectivity index (χ0n) is 9.06. The van der Waals surface area contributed by atoms with Crippen LogP contribution < -0.4 is 4.74 Å². The first kappa shape index (κ1) is 12.0. The van der Waals surface area contributed by atoms with Crippen molar-refractivity contribution < 1.29 is 13.2 Å². The molecule has 0 radical (unpaired) electrons. The second-order valence-corrected chi connectivity index (χ2v) is 5.28. The average Bonchev–Trinajstić information content (AvgIpc) is 2.19. The summed E-state index contributed by atoms with van der Waals surface area (Å²) >= 11 is 0. The van der Waals surface area contributed by atoms with Crippen molar-refractivity contribution in [2.75, 3.05) is 12.4 Å². The van der Waals surface area contributed by atoms with E-state index in [4.69, 9.17) is 4.74 Å². The van der Waals surface area contributed by atoms with Crippen molar-refractivity contribution in [3.8, 4) is 5.75 Å². The number of para-hydroxylation sites is 1. The van der Waals surface area contributed by atoms with Gasteiger partial charge in [0, 0.05) is 0 Å². The fourth-order valence-electron chi connectivity index (χ4n) is 1.36. The first-order valence-electron chi connectivity index (χ1n) is 5.06. The van der Waals surface area contributed by atoms with E-state index < -0.39 is 9.84 Å². The van der Waals surface area contributed by atoms with Gasteiger partial charge in [0.25, 0.3) is 0 Å². The van der Waals surface area contributed by atoms with Crippen LogP contribution in [-0.2, 0) is 9.84 Å². The van der Waals surface area contributed by atoms with Crippen molar-refractivity contribution in [1.29, 1.82) is 0 Å². The van der Waals surface area contributed by atoms with E-state index in [9.17, 15) is 8.42 Å². The molecule has 84 valence electrons. The summed E-state index contributed by atoms with van der Waals surface area (Å²) in [5.74, 6) is 0.616. The molecule has 0 bridgehead atoms. The maximum atomic E-state index is 11.8. The van der Waals surface area contributed by atoms with Crippen molar-refractivity contribution in [2.45, 2.75) is 25.2 Å². The van der Waals surface area contributed by atoms with Crippen LogP contribution in [0.25, 0.3) is 0 Å². The summed E-state index contributed by atoms with van der Waals surface area (Å²) in [7, 11) is -3.19.